The van der Waals surface area contributed by atoms with Crippen molar-refractivity contribution in [1.82, 2.24) is 5.32 Å². The minimum absolute atomic E-state index is 0.0947. The molecule has 1 heterocycles. The van der Waals surface area contributed by atoms with Crippen LogP contribution in [0.5, 0.6) is 5.75 Å². The van der Waals surface area contributed by atoms with Crippen LogP contribution in [-0.2, 0) is 10.3 Å². The lowest BCUT2D eigenvalue weighted by Crippen LogP contribution is -2.54. The van der Waals surface area contributed by atoms with Crippen LogP contribution >= 0.6 is 0 Å². The number of benzene rings is 1. The topological polar surface area (TPSA) is 58.6 Å². The Hall–Kier alpha value is -1.55. The SMILES string of the molecule is CC(C)NC1(C(=O)O)CCOc2ccccc21. The van der Waals surface area contributed by atoms with Crippen molar-refractivity contribution in [3.05, 3.63) is 29.8 Å². The van der Waals surface area contributed by atoms with Gasteiger partial charge in [0.25, 0.3) is 0 Å². The molecule has 2 N–H and O–H groups in total. The molecule has 0 fully saturated rings. The van der Waals surface area contributed by atoms with E-state index in [2.05, 4.69) is 5.32 Å². The standard InChI is InChI=1S/C13H17NO3/c1-9(2)14-13(12(15)16)7-8-17-11-6-4-3-5-10(11)13/h3-6,9,14H,7-8H2,1-2H3,(H,15,16). The predicted octanol–water partition coefficient (Wildman–Crippen LogP) is 1.75. The fourth-order valence-corrected chi connectivity index (χ4v) is 2.32. The van der Waals surface area contributed by atoms with Crippen LogP contribution in [0.1, 0.15) is 25.8 Å². The highest BCUT2D eigenvalue weighted by Gasteiger charge is 2.44. The minimum Gasteiger partial charge on any atom is -0.493 e. The van der Waals surface area contributed by atoms with Gasteiger partial charge in [-0.2, -0.15) is 0 Å². The zero-order chi connectivity index (χ0) is 12.5. The predicted molar refractivity (Wildman–Crippen MR) is 64.1 cm³/mol. The molecule has 1 aliphatic rings. The summed E-state index contributed by atoms with van der Waals surface area (Å²) in [5.41, 5.74) is -0.310. The molecule has 1 aromatic rings. The van der Waals surface area contributed by atoms with Crippen LogP contribution in [-0.4, -0.2) is 23.7 Å². The Morgan fingerprint density at radius 3 is 2.82 bits per heavy atom. The number of hydrogen-bond donors (Lipinski definition) is 2. The molecule has 0 radical (unpaired) electrons. The van der Waals surface area contributed by atoms with E-state index in [0.29, 0.717) is 24.3 Å². The summed E-state index contributed by atoms with van der Waals surface area (Å²) in [6.45, 7) is 4.31. The van der Waals surface area contributed by atoms with Crippen LogP contribution in [0.15, 0.2) is 24.3 Å². The maximum atomic E-state index is 11.7. The van der Waals surface area contributed by atoms with Crippen molar-refractivity contribution in [3.8, 4) is 5.75 Å². The van der Waals surface area contributed by atoms with Crippen molar-refractivity contribution in [2.24, 2.45) is 0 Å². The number of nitrogens with one attached hydrogen (secondary N) is 1. The van der Waals surface area contributed by atoms with Crippen molar-refractivity contribution in [1.29, 1.82) is 0 Å². The third-order valence-electron chi connectivity index (χ3n) is 2.98. The monoisotopic (exact) mass is 235 g/mol. The van der Waals surface area contributed by atoms with E-state index in [1.54, 1.807) is 0 Å². The number of rotatable bonds is 3. The van der Waals surface area contributed by atoms with Gasteiger partial charge in [0, 0.05) is 18.0 Å². The van der Waals surface area contributed by atoms with Crippen LogP contribution in [0.4, 0.5) is 0 Å². The molecule has 0 amide bonds. The number of carbonyl (C=O) groups is 1. The van der Waals surface area contributed by atoms with E-state index in [-0.39, 0.29) is 6.04 Å². The molecule has 4 heteroatoms. The molecule has 17 heavy (non-hydrogen) atoms. The number of ether oxygens (including phenoxy) is 1. The molecule has 0 saturated carbocycles. The summed E-state index contributed by atoms with van der Waals surface area (Å²) >= 11 is 0. The minimum atomic E-state index is -1.02. The lowest BCUT2D eigenvalue weighted by Gasteiger charge is -2.37. The number of hydrogen-bond acceptors (Lipinski definition) is 3. The third-order valence-corrected chi connectivity index (χ3v) is 2.98. The smallest absolute Gasteiger partial charge is 0.328 e. The second-order valence-electron chi connectivity index (χ2n) is 4.60. The van der Waals surface area contributed by atoms with E-state index in [9.17, 15) is 9.90 Å². The first-order valence-electron chi connectivity index (χ1n) is 5.79. The first-order chi connectivity index (χ1) is 8.06. The molecule has 0 saturated heterocycles. The van der Waals surface area contributed by atoms with Gasteiger partial charge in [-0.25, -0.2) is 4.79 Å². The largest absolute Gasteiger partial charge is 0.493 e. The highest BCUT2D eigenvalue weighted by atomic mass is 16.5. The number of fused-ring (bicyclic) bond motifs is 1. The molecule has 1 unspecified atom stereocenters. The maximum Gasteiger partial charge on any atom is 0.328 e. The van der Waals surface area contributed by atoms with Crippen molar-refractivity contribution < 1.29 is 14.6 Å². The first kappa shape index (κ1) is 11.9. The van der Waals surface area contributed by atoms with Crippen molar-refractivity contribution in [3.63, 3.8) is 0 Å². The summed E-state index contributed by atoms with van der Waals surface area (Å²) in [4.78, 5) is 11.7. The lowest BCUT2D eigenvalue weighted by molar-refractivity contribution is -0.147. The quantitative estimate of drug-likeness (QED) is 0.838. The van der Waals surface area contributed by atoms with Crippen LogP contribution in [0.25, 0.3) is 0 Å². The molecular formula is C13H17NO3. The van der Waals surface area contributed by atoms with Crippen LogP contribution < -0.4 is 10.1 Å². The van der Waals surface area contributed by atoms with Crippen molar-refractivity contribution >= 4 is 5.97 Å². The molecule has 4 nitrogen and oxygen atoms in total. The molecule has 1 aromatic carbocycles. The van der Waals surface area contributed by atoms with E-state index in [0.717, 1.165) is 0 Å². The van der Waals surface area contributed by atoms with Gasteiger partial charge in [-0.1, -0.05) is 18.2 Å². The van der Waals surface area contributed by atoms with Crippen molar-refractivity contribution in [2.45, 2.75) is 31.8 Å². The van der Waals surface area contributed by atoms with Gasteiger partial charge in [0.2, 0.25) is 0 Å². The molecule has 0 aliphatic carbocycles. The van der Waals surface area contributed by atoms with Crippen LogP contribution in [0.2, 0.25) is 0 Å². The molecule has 0 bridgehead atoms. The van der Waals surface area contributed by atoms with Gasteiger partial charge >= 0.3 is 5.97 Å². The van der Waals surface area contributed by atoms with Gasteiger partial charge in [-0.05, 0) is 19.9 Å². The van der Waals surface area contributed by atoms with E-state index >= 15 is 0 Å². The summed E-state index contributed by atoms with van der Waals surface area (Å²) in [7, 11) is 0. The Morgan fingerprint density at radius 2 is 2.18 bits per heavy atom. The van der Waals surface area contributed by atoms with Gasteiger partial charge in [0.1, 0.15) is 11.3 Å². The molecule has 0 aromatic heterocycles. The molecule has 0 spiro atoms. The van der Waals surface area contributed by atoms with Gasteiger partial charge in [-0.3, -0.25) is 5.32 Å². The summed E-state index contributed by atoms with van der Waals surface area (Å²) in [6.07, 6.45) is 0.442. The average molecular weight is 235 g/mol. The molecule has 1 aliphatic heterocycles. The van der Waals surface area contributed by atoms with Gasteiger partial charge in [0.05, 0.1) is 6.61 Å². The average Bonchev–Trinajstić information content (AvgIpc) is 2.28. The second kappa shape index (κ2) is 4.37. The zero-order valence-corrected chi connectivity index (χ0v) is 10.1. The molecule has 1 atom stereocenters. The van der Waals surface area contributed by atoms with Gasteiger partial charge < -0.3 is 9.84 Å². The molecule has 2 rings (SSSR count). The highest BCUT2D eigenvalue weighted by molar-refractivity contribution is 5.82. The fourth-order valence-electron chi connectivity index (χ4n) is 2.32. The van der Waals surface area contributed by atoms with E-state index in [1.807, 2.05) is 38.1 Å². The number of para-hydroxylation sites is 1. The van der Waals surface area contributed by atoms with Gasteiger partial charge in [-0.15, -0.1) is 0 Å². The zero-order valence-electron chi connectivity index (χ0n) is 10.1. The lowest BCUT2D eigenvalue weighted by atomic mass is 9.84. The summed E-state index contributed by atoms with van der Waals surface area (Å²) < 4.78 is 5.51. The summed E-state index contributed by atoms with van der Waals surface area (Å²) in [5, 5.41) is 12.7. The van der Waals surface area contributed by atoms with E-state index < -0.39 is 11.5 Å². The number of aliphatic carboxylic acids is 1. The Morgan fingerprint density at radius 1 is 1.47 bits per heavy atom. The van der Waals surface area contributed by atoms with Gasteiger partial charge in [0.15, 0.2) is 0 Å². The maximum absolute atomic E-state index is 11.7. The number of carboxylic acid groups (broad SMARTS) is 1. The first-order valence-corrected chi connectivity index (χ1v) is 5.79. The van der Waals surface area contributed by atoms with E-state index in [4.69, 9.17) is 4.74 Å². The normalized spacial score (nSPS) is 23.0. The second-order valence-corrected chi connectivity index (χ2v) is 4.60. The Bertz CT molecular complexity index is 430. The Kier molecular flexibility index (Phi) is 3.07. The fraction of sp³-hybridized carbons (Fsp3) is 0.462. The van der Waals surface area contributed by atoms with E-state index in [1.165, 1.54) is 0 Å². The Balaban J connectivity index is 2.51. The Labute approximate surface area is 101 Å². The summed E-state index contributed by atoms with van der Waals surface area (Å²) in [6, 6.07) is 7.42. The van der Waals surface area contributed by atoms with Crippen molar-refractivity contribution in [2.75, 3.05) is 6.61 Å². The summed E-state index contributed by atoms with van der Waals surface area (Å²) in [5.74, 6) is -0.184. The third kappa shape index (κ3) is 2.00. The number of carboxylic acids is 1. The molecule has 92 valence electrons. The highest BCUT2D eigenvalue weighted by Crippen LogP contribution is 2.37. The van der Waals surface area contributed by atoms with Crippen LogP contribution in [0, 0.1) is 0 Å². The van der Waals surface area contributed by atoms with Crippen LogP contribution in [0.3, 0.4) is 0 Å². The molecular weight excluding hydrogens is 218 g/mol.